The molecule has 2 heterocycles. The second-order valence-corrected chi connectivity index (χ2v) is 8.29. The highest BCUT2D eigenvalue weighted by molar-refractivity contribution is 5.95. The molecule has 164 valence electrons. The van der Waals surface area contributed by atoms with Gasteiger partial charge in [-0.15, -0.1) is 0 Å². The van der Waals surface area contributed by atoms with Crippen LogP contribution in [0.1, 0.15) is 54.4 Å². The van der Waals surface area contributed by atoms with Crippen LogP contribution in [0.4, 0.5) is 13.2 Å². The number of rotatable bonds is 6. The Morgan fingerprint density at radius 3 is 2.32 bits per heavy atom. The number of aromatic nitrogens is 3. The first kappa shape index (κ1) is 22.5. The molecule has 5 nitrogen and oxygen atoms in total. The average molecular weight is 430 g/mol. The van der Waals surface area contributed by atoms with Crippen molar-refractivity contribution in [3.63, 3.8) is 0 Å². The number of carbonyl (C=O) groups is 1. The van der Waals surface area contributed by atoms with Crippen LogP contribution in [-0.2, 0) is 11.6 Å². The molecule has 1 amide bonds. The molecule has 0 saturated carbocycles. The van der Waals surface area contributed by atoms with Gasteiger partial charge in [-0.1, -0.05) is 44.2 Å². The van der Waals surface area contributed by atoms with E-state index in [1.807, 2.05) is 25.1 Å². The van der Waals surface area contributed by atoms with E-state index in [9.17, 15) is 18.0 Å². The molecule has 8 heteroatoms. The monoisotopic (exact) mass is 430 g/mol. The van der Waals surface area contributed by atoms with Crippen LogP contribution in [0.5, 0.6) is 0 Å². The lowest BCUT2D eigenvalue weighted by Gasteiger charge is -2.29. The van der Waals surface area contributed by atoms with E-state index in [1.165, 1.54) is 22.5 Å². The van der Waals surface area contributed by atoms with E-state index in [0.717, 1.165) is 18.7 Å². The molecule has 31 heavy (non-hydrogen) atoms. The number of benzene rings is 1. The topological polar surface area (TPSA) is 59.8 Å². The van der Waals surface area contributed by atoms with E-state index < -0.39 is 11.7 Å². The highest BCUT2D eigenvalue weighted by Crippen LogP contribution is 2.29. The molecule has 1 N–H and O–H groups in total. The van der Waals surface area contributed by atoms with Crippen molar-refractivity contribution < 1.29 is 18.0 Å². The zero-order valence-electron chi connectivity index (χ0n) is 17.9. The second kappa shape index (κ2) is 8.53. The molecule has 0 bridgehead atoms. The normalized spacial score (nSPS) is 13.1. The zero-order valence-corrected chi connectivity index (χ0v) is 17.9. The second-order valence-electron chi connectivity index (χ2n) is 8.29. The van der Waals surface area contributed by atoms with Gasteiger partial charge in [0.2, 0.25) is 0 Å². The lowest BCUT2D eigenvalue weighted by molar-refractivity contribution is -0.137. The summed E-state index contributed by atoms with van der Waals surface area (Å²) < 4.78 is 39.6. The van der Waals surface area contributed by atoms with Gasteiger partial charge < -0.3 is 5.32 Å². The third-order valence-electron chi connectivity index (χ3n) is 5.30. The third kappa shape index (κ3) is 5.13. The molecular weight excluding hydrogens is 405 g/mol. The summed E-state index contributed by atoms with van der Waals surface area (Å²) in [5.74, 6) is -0.0742. The molecule has 2 aromatic heterocycles. The van der Waals surface area contributed by atoms with Crippen LogP contribution in [-0.4, -0.2) is 26.7 Å². The molecule has 3 rings (SSSR count). The van der Waals surface area contributed by atoms with Crippen molar-refractivity contribution in [2.45, 2.75) is 51.7 Å². The third-order valence-corrected chi connectivity index (χ3v) is 5.30. The first-order chi connectivity index (χ1) is 14.5. The van der Waals surface area contributed by atoms with Crippen molar-refractivity contribution in [1.82, 2.24) is 20.1 Å². The van der Waals surface area contributed by atoms with Crippen LogP contribution in [0.25, 0.3) is 5.82 Å². The number of nitrogens with one attached hydrogen (secondary N) is 1. The molecule has 0 radical (unpaired) electrons. The summed E-state index contributed by atoms with van der Waals surface area (Å²) in [5.41, 5.74) is 1.07. The van der Waals surface area contributed by atoms with Crippen molar-refractivity contribution in [2.75, 3.05) is 0 Å². The average Bonchev–Trinajstić information content (AvgIpc) is 3.09. The number of nitrogens with zero attached hydrogens (tertiary/aromatic N) is 3. The van der Waals surface area contributed by atoms with Crippen molar-refractivity contribution in [3.8, 4) is 5.82 Å². The summed E-state index contributed by atoms with van der Waals surface area (Å²) in [6.45, 7) is 7.88. The highest BCUT2D eigenvalue weighted by atomic mass is 19.4. The van der Waals surface area contributed by atoms with E-state index in [4.69, 9.17) is 0 Å². The first-order valence-electron chi connectivity index (χ1n) is 9.93. The van der Waals surface area contributed by atoms with Crippen molar-refractivity contribution in [1.29, 1.82) is 0 Å². The Morgan fingerprint density at radius 1 is 1.06 bits per heavy atom. The van der Waals surface area contributed by atoms with Crippen molar-refractivity contribution in [2.24, 2.45) is 0 Å². The smallest absolute Gasteiger partial charge is 0.349 e. The highest BCUT2D eigenvalue weighted by Gasteiger charge is 2.31. The van der Waals surface area contributed by atoms with Crippen LogP contribution in [0.2, 0.25) is 0 Å². The molecule has 0 fully saturated rings. The minimum absolute atomic E-state index is 0.102. The van der Waals surface area contributed by atoms with Gasteiger partial charge in [-0.3, -0.25) is 4.79 Å². The molecule has 0 aliphatic carbocycles. The molecule has 0 spiro atoms. The summed E-state index contributed by atoms with van der Waals surface area (Å²) in [6.07, 6.45) is -1.57. The van der Waals surface area contributed by atoms with E-state index in [2.05, 4.69) is 41.4 Å². The molecule has 0 aliphatic heterocycles. The van der Waals surface area contributed by atoms with Gasteiger partial charge >= 0.3 is 6.18 Å². The Hall–Kier alpha value is -3.16. The quantitative estimate of drug-likeness (QED) is 0.593. The largest absolute Gasteiger partial charge is 0.417 e. The SMILES string of the molecule is Cc1c(C(=O)NC(C)CC(C)(C)c2ccccc2)cnn1-c1ccc(C(F)(F)F)cn1. The Bertz CT molecular complexity index is 1040. The fourth-order valence-corrected chi connectivity index (χ4v) is 3.67. The summed E-state index contributed by atoms with van der Waals surface area (Å²) in [7, 11) is 0. The van der Waals surface area contributed by atoms with E-state index in [0.29, 0.717) is 11.3 Å². The number of hydrogen-bond acceptors (Lipinski definition) is 3. The Kier molecular flexibility index (Phi) is 6.20. The van der Waals surface area contributed by atoms with Gasteiger partial charge in [0.1, 0.15) is 0 Å². The van der Waals surface area contributed by atoms with E-state index in [1.54, 1.807) is 6.92 Å². The van der Waals surface area contributed by atoms with Gasteiger partial charge in [-0.25, -0.2) is 9.67 Å². The van der Waals surface area contributed by atoms with E-state index in [-0.39, 0.29) is 23.2 Å². The van der Waals surface area contributed by atoms with Gasteiger partial charge in [-0.05, 0) is 43.4 Å². The number of hydrogen-bond donors (Lipinski definition) is 1. The molecule has 3 aromatic rings. The Balaban J connectivity index is 1.71. The lowest BCUT2D eigenvalue weighted by atomic mass is 9.79. The number of carbonyl (C=O) groups excluding carboxylic acids is 1. The zero-order chi connectivity index (χ0) is 22.8. The predicted octanol–water partition coefficient (Wildman–Crippen LogP) is 5.08. The fourth-order valence-electron chi connectivity index (χ4n) is 3.67. The maximum absolute atomic E-state index is 12.8. The first-order valence-corrected chi connectivity index (χ1v) is 9.93. The number of alkyl halides is 3. The standard InChI is InChI=1S/C23H25F3N4O/c1-15(12-22(3,4)17-8-6-5-7-9-17)29-21(31)19-14-28-30(16(19)2)20-11-10-18(13-27-20)23(24,25)26/h5-11,13-15H,12H2,1-4H3,(H,29,31). The van der Waals surface area contributed by atoms with Gasteiger partial charge in [-0.2, -0.15) is 18.3 Å². The van der Waals surface area contributed by atoms with Crippen LogP contribution in [0.3, 0.4) is 0 Å². The minimum atomic E-state index is -4.46. The number of halogens is 3. The molecule has 1 unspecified atom stereocenters. The number of pyridine rings is 1. The summed E-state index contributed by atoms with van der Waals surface area (Å²) in [4.78, 5) is 16.6. The van der Waals surface area contributed by atoms with Crippen molar-refractivity contribution in [3.05, 3.63) is 77.2 Å². The van der Waals surface area contributed by atoms with Crippen LogP contribution in [0, 0.1) is 6.92 Å². The predicted molar refractivity (Wildman–Crippen MR) is 112 cm³/mol. The van der Waals surface area contributed by atoms with Gasteiger partial charge in [0, 0.05) is 12.2 Å². The molecular formula is C23H25F3N4O. The summed E-state index contributed by atoms with van der Waals surface area (Å²) in [6, 6.07) is 12.2. The lowest BCUT2D eigenvalue weighted by Crippen LogP contribution is -2.37. The summed E-state index contributed by atoms with van der Waals surface area (Å²) in [5, 5.41) is 7.14. The number of amides is 1. The van der Waals surface area contributed by atoms with Crippen molar-refractivity contribution >= 4 is 5.91 Å². The Morgan fingerprint density at radius 2 is 1.74 bits per heavy atom. The Labute approximate surface area is 179 Å². The summed E-state index contributed by atoms with van der Waals surface area (Å²) >= 11 is 0. The molecule has 1 aromatic carbocycles. The van der Waals surface area contributed by atoms with E-state index >= 15 is 0 Å². The van der Waals surface area contributed by atoms with Crippen LogP contribution in [0.15, 0.2) is 54.9 Å². The van der Waals surface area contributed by atoms with Gasteiger partial charge in [0.05, 0.1) is 23.0 Å². The maximum atomic E-state index is 12.8. The maximum Gasteiger partial charge on any atom is 0.417 e. The molecule has 0 aliphatic rings. The van der Waals surface area contributed by atoms with Gasteiger partial charge in [0.15, 0.2) is 5.82 Å². The van der Waals surface area contributed by atoms with Crippen LogP contribution >= 0.6 is 0 Å². The fraction of sp³-hybridized carbons (Fsp3) is 0.348. The molecule has 1 atom stereocenters. The van der Waals surface area contributed by atoms with Crippen LogP contribution < -0.4 is 5.32 Å². The molecule has 0 saturated heterocycles. The van der Waals surface area contributed by atoms with Gasteiger partial charge in [0.25, 0.3) is 5.91 Å². The minimum Gasteiger partial charge on any atom is -0.349 e.